The van der Waals surface area contributed by atoms with Gasteiger partial charge in [0.15, 0.2) is 0 Å². The Labute approximate surface area is 204 Å². The molecule has 0 aliphatic rings. The molecule has 0 radical (unpaired) electrons. The first-order valence-electron chi connectivity index (χ1n) is 10.5. The molecule has 0 spiro atoms. The largest absolute Gasteiger partial charge is 0.416 e. The molecule has 0 N–H and O–H groups in total. The molecule has 0 aromatic heterocycles. The first-order valence-corrected chi connectivity index (χ1v) is 16.6. The van der Waals surface area contributed by atoms with E-state index in [1.54, 1.807) is 29.4 Å². The average Bonchev–Trinajstić information content (AvgIpc) is 3.24. The van der Waals surface area contributed by atoms with Gasteiger partial charge in [0, 0.05) is 0 Å². The minimum absolute atomic E-state index is 0.210. The number of hydrogen-bond acceptors (Lipinski definition) is 0. The molecule has 32 heavy (non-hydrogen) atoms. The van der Waals surface area contributed by atoms with Crippen molar-refractivity contribution in [1.29, 1.82) is 0 Å². The van der Waals surface area contributed by atoms with Crippen molar-refractivity contribution in [2.45, 2.75) is 47.0 Å². The van der Waals surface area contributed by atoms with Crippen molar-refractivity contribution in [1.82, 2.24) is 0 Å². The molecule has 0 aliphatic heterocycles. The number of fused-ring (bicyclic) bond motifs is 1. The van der Waals surface area contributed by atoms with Gasteiger partial charge < -0.3 is 0 Å². The van der Waals surface area contributed by atoms with Crippen LogP contribution in [0.15, 0.2) is 66.7 Å². The van der Waals surface area contributed by atoms with Gasteiger partial charge in [-0.25, -0.2) is 0 Å². The van der Waals surface area contributed by atoms with Gasteiger partial charge in [0.2, 0.25) is 0 Å². The second kappa shape index (κ2) is 11.4. The number of hydrogen-bond donors (Lipinski definition) is 0. The van der Waals surface area contributed by atoms with Crippen molar-refractivity contribution >= 4 is 16.2 Å². The summed E-state index contributed by atoms with van der Waals surface area (Å²) in [6.45, 7) is 13.3. The van der Waals surface area contributed by atoms with Gasteiger partial charge in [-0.15, -0.1) is 46.7 Å². The van der Waals surface area contributed by atoms with Gasteiger partial charge >= 0.3 is 48.0 Å². The van der Waals surface area contributed by atoms with Crippen molar-refractivity contribution in [3.8, 4) is 11.1 Å². The average molecular weight is 530 g/mol. The molecule has 0 fully saturated rings. The van der Waals surface area contributed by atoms with Crippen LogP contribution in [0.3, 0.4) is 0 Å². The van der Waals surface area contributed by atoms with Gasteiger partial charge in [0.25, 0.3) is 0 Å². The van der Waals surface area contributed by atoms with Crippen LogP contribution < -0.4 is 0 Å². The van der Waals surface area contributed by atoms with Crippen LogP contribution in [0.25, 0.3) is 21.9 Å². The fraction of sp³-hybridized carbons (Fsp3) is 0.259. The molecule has 166 valence electrons. The minimum Gasteiger partial charge on any atom is -0.196 e. The van der Waals surface area contributed by atoms with Gasteiger partial charge in [-0.1, -0.05) is 63.6 Å². The van der Waals surface area contributed by atoms with E-state index in [0.717, 1.165) is 22.4 Å². The summed E-state index contributed by atoms with van der Waals surface area (Å²) in [4.78, 5) is 0. The SMILES string of the molecule is C[Si](C)=[Zr+2].Cc1[cH-]c(C)c(C)c1C.FC(F)(F)c1cccc(-c2c[cH-]c3ccccc23)c1. The monoisotopic (exact) mass is 528 g/mol. The summed E-state index contributed by atoms with van der Waals surface area (Å²) in [6.07, 6.45) is -4.31. The van der Waals surface area contributed by atoms with E-state index in [2.05, 4.69) is 46.9 Å². The van der Waals surface area contributed by atoms with Crippen LogP contribution in [0, 0.1) is 27.7 Å². The van der Waals surface area contributed by atoms with Crippen molar-refractivity contribution < 1.29 is 36.5 Å². The molecule has 0 heterocycles. The standard InChI is InChI=1S/C16H10F3.C9H13.C2H6Si.Zr/c17-16(18,19)13-6-3-5-12(10-13)15-9-8-11-4-1-2-7-14(11)15;1-6-5-7(2)9(4)8(6)3;1-3-2;/h1-10H;5H,1-4H3;1-2H3;/q2*-1;;+2. The number of aryl methyl sites for hydroxylation is 2. The number of alkyl halides is 3. The fourth-order valence-electron chi connectivity index (χ4n) is 3.40. The van der Waals surface area contributed by atoms with E-state index in [0.29, 0.717) is 5.56 Å². The van der Waals surface area contributed by atoms with E-state index in [4.69, 9.17) is 0 Å². The Morgan fingerprint density at radius 2 is 1.41 bits per heavy atom. The molecule has 0 atom stereocenters. The van der Waals surface area contributed by atoms with Crippen molar-refractivity contribution in [3.63, 3.8) is 0 Å². The van der Waals surface area contributed by atoms with Crippen molar-refractivity contribution in [3.05, 3.63) is 94.5 Å². The van der Waals surface area contributed by atoms with Crippen LogP contribution in [0.1, 0.15) is 27.8 Å². The maximum absolute atomic E-state index is 12.7. The van der Waals surface area contributed by atoms with Crippen molar-refractivity contribution in [2.75, 3.05) is 0 Å². The molecule has 4 rings (SSSR count). The van der Waals surface area contributed by atoms with Crippen LogP contribution in [0.4, 0.5) is 13.2 Å². The summed E-state index contributed by atoms with van der Waals surface area (Å²) in [6, 6.07) is 19.1. The van der Waals surface area contributed by atoms with Gasteiger partial charge in [0.1, 0.15) is 0 Å². The smallest absolute Gasteiger partial charge is 0.196 e. The summed E-state index contributed by atoms with van der Waals surface area (Å²) in [5.41, 5.74) is 6.77. The summed E-state index contributed by atoms with van der Waals surface area (Å²) >= 11 is 1.74. The van der Waals surface area contributed by atoms with Gasteiger partial charge in [-0.2, -0.15) is 41.5 Å². The fourth-order valence-corrected chi connectivity index (χ4v) is 3.40. The van der Waals surface area contributed by atoms with E-state index < -0.39 is 11.7 Å². The van der Waals surface area contributed by atoms with E-state index in [9.17, 15) is 13.2 Å². The quantitative estimate of drug-likeness (QED) is 0.171. The summed E-state index contributed by atoms with van der Waals surface area (Å²) in [5.74, 6) is 0. The van der Waals surface area contributed by atoms with Crippen LogP contribution in [-0.4, -0.2) is 5.43 Å². The molecule has 0 unspecified atom stereocenters. The topological polar surface area (TPSA) is 0 Å². The second-order valence-corrected chi connectivity index (χ2v) is 17.5. The van der Waals surface area contributed by atoms with Crippen molar-refractivity contribution in [2.24, 2.45) is 0 Å². The maximum Gasteiger partial charge on any atom is 0.416 e. The minimum atomic E-state index is -4.31. The first kappa shape index (κ1) is 26.5. The van der Waals surface area contributed by atoms with Gasteiger partial charge in [-0.05, 0) is 0 Å². The van der Waals surface area contributed by atoms with E-state index in [1.807, 2.05) is 36.4 Å². The van der Waals surface area contributed by atoms with E-state index >= 15 is 0 Å². The molecule has 4 aromatic carbocycles. The van der Waals surface area contributed by atoms with E-state index in [1.165, 1.54) is 34.4 Å². The number of rotatable bonds is 1. The van der Waals surface area contributed by atoms with Gasteiger partial charge in [0.05, 0.1) is 5.56 Å². The molecule has 4 aromatic rings. The normalized spacial score (nSPS) is 10.8. The molecular formula is C27H29F3SiZr. The molecule has 5 heteroatoms. The number of halogens is 3. The Bertz CT molecular complexity index is 1170. The van der Waals surface area contributed by atoms with Gasteiger partial charge in [-0.3, -0.25) is 0 Å². The molecule has 0 saturated heterocycles. The molecule has 0 saturated carbocycles. The number of benzene rings is 2. The maximum atomic E-state index is 12.7. The van der Waals surface area contributed by atoms with Crippen LogP contribution in [-0.2, 0) is 29.5 Å². The van der Waals surface area contributed by atoms with Crippen LogP contribution >= 0.6 is 0 Å². The summed E-state index contributed by atoms with van der Waals surface area (Å²) in [5, 5.41) is 2.01. The molecule has 0 bridgehead atoms. The second-order valence-electron chi connectivity index (χ2n) is 8.17. The zero-order valence-electron chi connectivity index (χ0n) is 19.5. The Morgan fingerprint density at radius 3 is 1.91 bits per heavy atom. The molecule has 0 amide bonds. The third-order valence-corrected chi connectivity index (χ3v) is 5.36. The molecule has 0 aliphatic carbocycles. The predicted octanol–water partition coefficient (Wildman–Crippen LogP) is 8.67. The first-order chi connectivity index (χ1) is 14.9. The third-order valence-electron chi connectivity index (χ3n) is 5.36. The summed E-state index contributed by atoms with van der Waals surface area (Å²) < 4.78 is 38.2. The molecule has 0 nitrogen and oxygen atoms in total. The Kier molecular flexibility index (Phi) is 9.48. The zero-order chi connectivity index (χ0) is 24.1. The predicted molar refractivity (Wildman–Crippen MR) is 128 cm³/mol. The summed E-state index contributed by atoms with van der Waals surface area (Å²) in [7, 11) is 0. The Morgan fingerprint density at radius 1 is 0.844 bits per heavy atom. The Balaban J connectivity index is 0.000000233. The van der Waals surface area contributed by atoms with E-state index in [-0.39, 0.29) is 5.43 Å². The third kappa shape index (κ3) is 7.15. The zero-order valence-corrected chi connectivity index (χ0v) is 22.9. The van der Waals surface area contributed by atoms with Crippen LogP contribution in [0.2, 0.25) is 13.1 Å². The van der Waals surface area contributed by atoms with Crippen LogP contribution in [0.5, 0.6) is 0 Å². The molecular weight excluding hydrogens is 501 g/mol. The Hall–Kier alpha value is -1.71.